The molecule has 1 saturated carbocycles. The molecule has 0 atom stereocenters. The lowest BCUT2D eigenvalue weighted by Gasteiger charge is -1.86. The summed E-state index contributed by atoms with van der Waals surface area (Å²) in [4.78, 5) is 5.30. The number of nitrogens with two attached hydrogens (primary N) is 1. The number of anilines is 1. The molecule has 2 N–H and O–H groups in total. The van der Waals surface area contributed by atoms with Crippen molar-refractivity contribution in [3.63, 3.8) is 0 Å². The van der Waals surface area contributed by atoms with E-state index in [0.717, 1.165) is 28.0 Å². The molecular formula is C10H11N3OS. The van der Waals surface area contributed by atoms with Crippen molar-refractivity contribution >= 4 is 16.3 Å². The van der Waals surface area contributed by atoms with Gasteiger partial charge in [0.25, 0.3) is 5.89 Å². The predicted molar refractivity (Wildman–Crippen MR) is 58.5 cm³/mol. The van der Waals surface area contributed by atoms with Gasteiger partial charge < -0.3 is 10.3 Å². The third kappa shape index (κ3) is 1.87. The van der Waals surface area contributed by atoms with E-state index >= 15 is 0 Å². The van der Waals surface area contributed by atoms with E-state index in [1.165, 1.54) is 24.2 Å². The van der Waals surface area contributed by atoms with E-state index in [-0.39, 0.29) is 0 Å². The average molecular weight is 221 g/mol. The monoisotopic (exact) mass is 221 g/mol. The summed E-state index contributed by atoms with van der Waals surface area (Å²) >= 11 is 1.47. The second-order valence-corrected chi connectivity index (χ2v) is 4.98. The second kappa shape index (κ2) is 3.34. The maximum atomic E-state index is 5.64. The van der Waals surface area contributed by atoms with Crippen molar-refractivity contribution in [1.29, 1.82) is 0 Å². The topological polar surface area (TPSA) is 64.9 Å². The summed E-state index contributed by atoms with van der Waals surface area (Å²) in [5.74, 6) is 2.19. The number of aromatic nitrogens is 2. The van der Waals surface area contributed by atoms with Crippen LogP contribution in [0.2, 0.25) is 0 Å². The lowest BCUT2D eigenvalue weighted by Crippen LogP contribution is -1.88. The van der Waals surface area contributed by atoms with E-state index in [9.17, 15) is 0 Å². The van der Waals surface area contributed by atoms with Crippen molar-refractivity contribution < 1.29 is 4.52 Å². The summed E-state index contributed by atoms with van der Waals surface area (Å²) in [6, 6.07) is 3.76. The molecule has 5 heteroatoms. The van der Waals surface area contributed by atoms with Crippen LogP contribution in [0.15, 0.2) is 16.7 Å². The summed E-state index contributed by atoms with van der Waals surface area (Å²) in [5, 5.41) is 4.73. The maximum Gasteiger partial charge on any atom is 0.268 e. The number of hydrogen-bond donors (Lipinski definition) is 1. The lowest BCUT2D eigenvalue weighted by atomic mass is 10.3. The first kappa shape index (κ1) is 8.91. The molecule has 15 heavy (non-hydrogen) atoms. The fourth-order valence-electron chi connectivity index (χ4n) is 1.48. The molecule has 0 unspecified atom stereocenters. The van der Waals surface area contributed by atoms with Gasteiger partial charge in [0.1, 0.15) is 0 Å². The van der Waals surface area contributed by atoms with Gasteiger partial charge in [0.15, 0.2) is 5.82 Å². The number of nitrogens with zero attached hydrogens (tertiary/aromatic N) is 2. The van der Waals surface area contributed by atoms with E-state index in [1.807, 2.05) is 12.1 Å². The van der Waals surface area contributed by atoms with Crippen LogP contribution in [-0.2, 0) is 6.42 Å². The summed E-state index contributed by atoms with van der Waals surface area (Å²) < 4.78 is 5.19. The Morgan fingerprint density at radius 3 is 3.00 bits per heavy atom. The Hall–Kier alpha value is -1.36. The highest BCUT2D eigenvalue weighted by Crippen LogP contribution is 2.33. The van der Waals surface area contributed by atoms with E-state index in [2.05, 4.69) is 10.1 Å². The Balaban J connectivity index is 1.82. The Kier molecular flexibility index (Phi) is 1.98. The highest BCUT2D eigenvalue weighted by Gasteiger charge is 2.24. The zero-order valence-electron chi connectivity index (χ0n) is 8.14. The van der Waals surface area contributed by atoms with Crippen molar-refractivity contribution in [2.45, 2.75) is 19.3 Å². The highest BCUT2D eigenvalue weighted by molar-refractivity contribution is 7.19. The SMILES string of the molecule is Nc1ccc(-c2nc(CC3CC3)no2)s1. The van der Waals surface area contributed by atoms with Crippen LogP contribution in [0, 0.1) is 5.92 Å². The molecule has 0 radical (unpaired) electrons. The molecule has 4 nitrogen and oxygen atoms in total. The largest absolute Gasteiger partial charge is 0.391 e. The molecule has 2 aromatic heterocycles. The molecule has 2 aromatic rings. The molecule has 2 heterocycles. The summed E-state index contributed by atoms with van der Waals surface area (Å²) in [6.07, 6.45) is 3.55. The normalized spacial score (nSPS) is 15.7. The Morgan fingerprint density at radius 2 is 2.33 bits per heavy atom. The summed E-state index contributed by atoms with van der Waals surface area (Å²) in [5.41, 5.74) is 5.64. The second-order valence-electron chi connectivity index (χ2n) is 3.87. The van der Waals surface area contributed by atoms with E-state index in [4.69, 9.17) is 10.3 Å². The number of hydrogen-bond acceptors (Lipinski definition) is 5. The lowest BCUT2D eigenvalue weighted by molar-refractivity contribution is 0.422. The van der Waals surface area contributed by atoms with Crippen molar-refractivity contribution in [2.24, 2.45) is 5.92 Å². The third-order valence-electron chi connectivity index (χ3n) is 2.47. The van der Waals surface area contributed by atoms with Gasteiger partial charge >= 0.3 is 0 Å². The molecular weight excluding hydrogens is 210 g/mol. The van der Waals surface area contributed by atoms with Gasteiger partial charge in [-0.05, 0) is 30.9 Å². The van der Waals surface area contributed by atoms with Crippen LogP contribution < -0.4 is 5.73 Å². The Morgan fingerprint density at radius 1 is 1.47 bits per heavy atom. The standard InChI is InChI=1S/C10H11N3OS/c11-8-4-3-7(15-8)10-12-9(13-14-10)5-6-1-2-6/h3-4,6H,1-2,5,11H2. The molecule has 1 fully saturated rings. The zero-order chi connectivity index (χ0) is 10.3. The van der Waals surface area contributed by atoms with Crippen LogP contribution in [0.1, 0.15) is 18.7 Å². The number of thiophene rings is 1. The molecule has 1 aliphatic rings. The van der Waals surface area contributed by atoms with Crippen molar-refractivity contribution in [3.8, 4) is 10.8 Å². The Labute approximate surface area is 91.1 Å². The average Bonchev–Trinajstić information content (AvgIpc) is 2.74. The maximum absolute atomic E-state index is 5.64. The molecule has 3 rings (SSSR count). The molecule has 0 amide bonds. The predicted octanol–water partition coefficient (Wildman–Crippen LogP) is 2.33. The molecule has 0 spiro atoms. The number of rotatable bonds is 3. The Bertz CT molecular complexity index is 472. The first-order valence-corrected chi connectivity index (χ1v) is 5.81. The quantitative estimate of drug-likeness (QED) is 0.863. The van der Waals surface area contributed by atoms with Crippen molar-refractivity contribution in [1.82, 2.24) is 10.1 Å². The van der Waals surface area contributed by atoms with Gasteiger partial charge in [-0.3, -0.25) is 0 Å². The third-order valence-corrected chi connectivity index (χ3v) is 3.38. The minimum Gasteiger partial charge on any atom is -0.391 e. The van der Waals surface area contributed by atoms with Gasteiger partial charge in [-0.25, -0.2) is 0 Å². The molecule has 0 aliphatic heterocycles. The van der Waals surface area contributed by atoms with Gasteiger partial charge in [0, 0.05) is 6.42 Å². The van der Waals surface area contributed by atoms with Crippen LogP contribution in [0.4, 0.5) is 5.00 Å². The summed E-state index contributed by atoms with van der Waals surface area (Å²) in [7, 11) is 0. The van der Waals surface area contributed by atoms with E-state index in [1.54, 1.807) is 0 Å². The van der Waals surface area contributed by atoms with Crippen LogP contribution in [0.3, 0.4) is 0 Å². The van der Waals surface area contributed by atoms with Crippen LogP contribution >= 0.6 is 11.3 Å². The fourth-order valence-corrected chi connectivity index (χ4v) is 2.18. The molecule has 0 aromatic carbocycles. The minimum absolute atomic E-state index is 0.590. The molecule has 0 bridgehead atoms. The van der Waals surface area contributed by atoms with Crippen LogP contribution in [0.5, 0.6) is 0 Å². The molecule has 0 saturated heterocycles. The van der Waals surface area contributed by atoms with Crippen LogP contribution in [0.25, 0.3) is 10.8 Å². The van der Waals surface area contributed by atoms with E-state index < -0.39 is 0 Å². The molecule has 78 valence electrons. The summed E-state index contributed by atoms with van der Waals surface area (Å²) in [6.45, 7) is 0. The van der Waals surface area contributed by atoms with Gasteiger partial charge in [-0.2, -0.15) is 4.98 Å². The fraction of sp³-hybridized carbons (Fsp3) is 0.400. The van der Waals surface area contributed by atoms with Gasteiger partial charge in [-0.1, -0.05) is 5.16 Å². The zero-order valence-corrected chi connectivity index (χ0v) is 8.96. The van der Waals surface area contributed by atoms with Crippen molar-refractivity contribution in [3.05, 3.63) is 18.0 Å². The van der Waals surface area contributed by atoms with Gasteiger partial charge in [0.2, 0.25) is 0 Å². The first-order chi connectivity index (χ1) is 7.31. The van der Waals surface area contributed by atoms with Gasteiger partial charge in [-0.15, -0.1) is 11.3 Å². The van der Waals surface area contributed by atoms with Crippen molar-refractivity contribution in [2.75, 3.05) is 5.73 Å². The minimum atomic E-state index is 0.590. The van der Waals surface area contributed by atoms with Crippen LogP contribution in [-0.4, -0.2) is 10.1 Å². The highest BCUT2D eigenvalue weighted by atomic mass is 32.1. The van der Waals surface area contributed by atoms with E-state index in [0.29, 0.717) is 5.89 Å². The number of nitrogen functional groups attached to an aromatic ring is 1. The smallest absolute Gasteiger partial charge is 0.268 e. The molecule has 1 aliphatic carbocycles. The van der Waals surface area contributed by atoms with Gasteiger partial charge in [0.05, 0.1) is 9.88 Å². The first-order valence-electron chi connectivity index (χ1n) is 4.99.